The summed E-state index contributed by atoms with van der Waals surface area (Å²) in [7, 11) is 0. The minimum Gasteiger partial charge on any atom is -0.393 e. The van der Waals surface area contributed by atoms with Crippen LogP contribution in [0.5, 0.6) is 0 Å². The number of hydrogen-bond donors (Lipinski definition) is 1. The van der Waals surface area contributed by atoms with E-state index in [4.69, 9.17) is 0 Å². The van der Waals surface area contributed by atoms with Gasteiger partial charge in [-0.3, -0.25) is 0 Å². The molecule has 1 N–H and O–H groups in total. The lowest BCUT2D eigenvalue weighted by Crippen LogP contribution is -2.55. The van der Waals surface area contributed by atoms with Gasteiger partial charge in [-0.2, -0.15) is 0 Å². The molecule has 0 saturated heterocycles. The Morgan fingerprint density at radius 2 is 1.62 bits per heavy atom. The van der Waals surface area contributed by atoms with Crippen LogP contribution < -0.4 is 0 Å². The van der Waals surface area contributed by atoms with Gasteiger partial charge in [0.25, 0.3) is 0 Å². The Hall–Kier alpha value is -0.300. The van der Waals surface area contributed by atoms with Crippen LogP contribution in [0.3, 0.4) is 0 Å². The second kappa shape index (κ2) is 7.60. The highest BCUT2D eigenvalue weighted by molar-refractivity contribution is 5.29. The van der Waals surface area contributed by atoms with Gasteiger partial charge in [0.2, 0.25) is 0 Å². The SMILES string of the molecule is CC[C@H](/C=C/[C@@H](C)[C@H]1CC[C@@]2(C)C3CCC4[C@H](C)[C@@H](O)CC[C@@]45C[C@@]35CC[C@]12C)C(C)C. The van der Waals surface area contributed by atoms with Crippen LogP contribution >= 0.6 is 0 Å². The number of fused-ring (bicyclic) bond motifs is 2. The predicted octanol–water partition coefficient (Wildman–Crippen LogP) is 8.27. The lowest BCUT2D eigenvalue weighted by Gasteiger charge is -2.62. The quantitative estimate of drug-likeness (QED) is 0.426. The molecule has 2 spiro atoms. The number of rotatable bonds is 5. The number of allylic oxidation sites excluding steroid dienone is 2. The first-order chi connectivity index (χ1) is 15.1. The number of aliphatic hydroxyl groups excluding tert-OH is 1. The highest BCUT2D eigenvalue weighted by Crippen LogP contribution is 2.88. The van der Waals surface area contributed by atoms with Crippen LogP contribution in [0.25, 0.3) is 0 Å². The van der Waals surface area contributed by atoms with Crippen molar-refractivity contribution in [2.75, 3.05) is 0 Å². The molecule has 182 valence electrons. The van der Waals surface area contributed by atoms with E-state index in [2.05, 4.69) is 60.6 Å². The van der Waals surface area contributed by atoms with Gasteiger partial charge in [0.15, 0.2) is 0 Å². The first kappa shape index (κ1) is 23.4. The van der Waals surface area contributed by atoms with Gasteiger partial charge in [0, 0.05) is 0 Å². The molecule has 5 aliphatic carbocycles. The average molecular weight is 441 g/mol. The summed E-state index contributed by atoms with van der Waals surface area (Å²) in [6.07, 6.45) is 19.0. The van der Waals surface area contributed by atoms with Crippen molar-refractivity contribution in [1.29, 1.82) is 0 Å². The standard InChI is InChI=1S/C31H52O/c1-8-23(20(2)3)10-9-21(4)24-13-15-29(7)27-12-11-25-22(5)26(32)14-16-30(25)19-31(27,30)18-17-28(24,29)6/h9-10,20-27,32H,8,11-19H2,1-7H3/b10-9+/t21-,22+,23-,24-,25?,26+,27?,28-,29+,30-,31+/m1/s1. The molecule has 0 heterocycles. The van der Waals surface area contributed by atoms with Crippen LogP contribution in [0.1, 0.15) is 113 Å². The zero-order valence-corrected chi connectivity index (χ0v) is 22.3. The van der Waals surface area contributed by atoms with E-state index in [0.717, 1.165) is 36.0 Å². The molecule has 5 fully saturated rings. The van der Waals surface area contributed by atoms with E-state index < -0.39 is 0 Å². The highest BCUT2D eigenvalue weighted by Gasteiger charge is 2.81. The lowest BCUT2D eigenvalue weighted by atomic mass is 9.43. The minimum atomic E-state index is -0.0365. The van der Waals surface area contributed by atoms with Crippen molar-refractivity contribution in [2.24, 2.45) is 63.1 Å². The van der Waals surface area contributed by atoms with E-state index in [1.54, 1.807) is 0 Å². The normalized spacial score (nSPS) is 54.0. The molecular formula is C31H52O. The van der Waals surface area contributed by atoms with Gasteiger partial charge in [0.1, 0.15) is 0 Å². The Bertz CT molecular complexity index is 754. The molecule has 0 aromatic carbocycles. The van der Waals surface area contributed by atoms with Crippen molar-refractivity contribution in [3.63, 3.8) is 0 Å². The second-order valence-corrected chi connectivity index (χ2v) is 14.2. The Kier molecular flexibility index (Phi) is 5.57. The maximum Gasteiger partial charge on any atom is 0.0568 e. The minimum absolute atomic E-state index is 0.0365. The topological polar surface area (TPSA) is 20.2 Å². The van der Waals surface area contributed by atoms with E-state index in [1.807, 2.05) is 0 Å². The van der Waals surface area contributed by atoms with Gasteiger partial charge in [0.05, 0.1) is 6.10 Å². The van der Waals surface area contributed by atoms with Crippen molar-refractivity contribution in [3.8, 4) is 0 Å². The van der Waals surface area contributed by atoms with Gasteiger partial charge in [-0.15, -0.1) is 0 Å². The van der Waals surface area contributed by atoms with Crippen LogP contribution in [0, 0.1) is 63.1 Å². The molecule has 0 aromatic rings. The molecule has 1 heteroatoms. The lowest BCUT2D eigenvalue weighted by molar-refractivity contribution is -0.141. The van der Waals surface area contributed by atoms with E-state index in [1.165, 1.54) is 57.8 Å². The van der Waals surface area contributed by atoms with Gasteiger partial charge in [-0.05, 0) is 127 Å². The first-order valence-corrected chi connectivity index (χ1v) is 14.4. The molecule has 0 amide bonds. The van der Waals surface area contributed by atoms with E-state index >= 15 is 0 Å². The van der Waals surface area contributed by atoms with Crippen LogP contribution in [-0.4, -0.2) is 11.2 Å². The molecule has 0 bridgehead atoms. The summed E-state index contributed by atoms with van der Waals surface area (Å²) < 4.78 is 0. The second-order valence-electron chi connectivity index (χ2n) is 14.2. The van der Waals surface area contributed by atoms with Gasteiger partial charge >= 0.3 is 0 Å². The van der Waals surface area contributed by atoms with Crippen molar-refractivity contribution in [3.05, 3.63) is 12.2 Å². The number of hydrogen-bond acceptors (Lipinski definition) is 1. The molecule has 0 radical (unpaired) electrons. The average Bonchev–Trinajstić information content (AvgIpc) is 3.33. The molecule has 32 heavy (non-hydrogen) atoms. The Morgan fingerprint density at radius 3 is 2.31 bits per heavy atom. The highest BCUT2D eigenvalue weighted by atomic mass is 16.3. The van der Waals surface area contributed by atoms with Crippen molar-refractivity contribution in [1.82, 2.24) is 0 Å². The summed E-state index contributed by atoms with van der Waals surface area (Å²) in [6, 6.07) is 0. The number of aliphatic hydroxyl groups is 1. The molecule has 5 aliphatic rings. The van der Waals surface area contributed by atoms with Crippen LogP contribution in [0.4, 0.5) is 0 Å². The smallest absolute Gasteiger partial charge is 0.0568 e. The molecule has 2 unspecified atom stereocenters. The summed E-state index contributed by atoms with van der Waals surface area (Å²) in [6.45, 7) is 17.5. The van der Waals surface area contributed by atoms with Crippen LogP contribution in [-0.2, 0) is 0 Å². The molecule has 1 nitrogen and oxygen atoms in total. The maximum absolute atomic E-state index is 10.6. The molecule has 0 aliphatic heterocycles. The third-order valence-electron chi connectivity index (χ3n) is 13.3. The Morgan fingerprint density at radius 1 is 0.875 bits per heavy atom. The predicted molar refractivity (Wildman–Crippen MR) is 135 cm³/mol. The molecule has 0 aromatic heterocycles. The Balaban J connectivity index is 1.39. The monoisotopic (exact) mass is 440 g/mol. The zero-order valence-electron chi connectivity index (χ0n) is 22.3. The third kappa shape index (κ3) is 2.85. The summed E-state index contributed by atoms with van der Waals surface area (Å²) in [5.41, 5.74) is 2.27. The van der Waals surface area contributed by atoms with Crippen LogP contribution in [0.2, 0.25) is 0 Å². The first-order valence-electron chi connectivity index (χ1n) is 14.4. The van der Waals surface area contributed by atoms with Gasteiger partial charge < -0.3 is 5.11 Å². The van der Waals surface area contributed by atoms with Crippen molar-refractivity contribution < 1.29 is 5.11 Å². The fraction of sp³-hybridized carbons (Fsp3) is 0.935. The molecular weight excluding hydrogens is 388 g/mol. The molecule has 5 saturated carbocycles. The maximum atomic E-state index is 10.6. The summed E-state index contributed by atoms with van der Waals surface area (Å²) >= 11 is 0. The molecule has 11 atom stereocenters. The summed E-state index contributed by atoms with van der Waals surface area (Å²) in [4.78, 5) is 0. The summed E-state index contributed by atoms with van der Waals surface area (Å²) in [5.74, 6) is 5.31. The van der Waals surface area contributed by atoms with Crippen LogP contribution in [0.15, 0.2) is 12.2 Å². The van der Waals surface area contributed by atoms with E-state index in [-0.39, 0.29) is 6.10 Å². The largest absolute Gasteiger partial charge is 0.393 e. The van der Waals surface area contributed by atoms with Crippen molar-refractivity contribution in [2.45, 2.75) is 119 Å². The third-order valence-corrected chi connectivity index (χ3v) is 13.3. The van der Waals surface area contributed by atoms with Gasteiger partial charge in [-0.25, -0.2) is 0 Å². The van der Waals surface area contributed by atoms with E-state index in [0.29, 0.717) is 33.5 Å². The Labute approximate surface area is 199 Å². The summed E-state index contributed by atoms with van der Waals surface area (Å²) in [5, 5.41) is 10.6. The molecule has 5 rings (SSSR count). The fourth-order valence-electron chi connectivity index (χ4n) is 11.2. The van der Waals surface area contributed by atoms with E-state index in [9.17, 15) is 5.11 Å². The zero-order chi connectivity index (χ0) is 23.1. The fourth-order valence-corrected chi connectivity index (χ4v) is 11.2. The van der Waals surface area contributed by atoms with Gasteiger partial charge in [-0.1, -0.05) is 60.6 Å². The van der Waals surface area contributed by atoms with Crippen molar-refractivity contribution >= 4 is 0 Å².